The summed E-state index contributed by atoms with van der Waals surface area (Å²) in [5, 5.41) is 11.1. The lowest BCUT2D eigenvalue weighted by Crippen LogP contribution is -2.32. The van der Waals surface area contributed by atoms with Crippen molar-refractivity contribution >= 4 is 46.2 Å². The topological polar surface area (TPSA) is 99.5 Å². The summed E-state index contributed by atoms with van der Waals surface area (Å²) in [6.45, 7) is 3.40. The summed E-state index contributed by atoms with van der Waals surface area (Å²) >= 11 is 0. The molecular formula is C27H28N4O4. The van der Waals surface area contributed by atoms with Crippen molar-refractivity contribution in [2.24, 2.45) is 22.0 Å². The number of amides is 2. The van der Waals surface area contributed by atoms with Gasteiger partial charge in [-0.1, -0.05) is 42.8 Å². The first-order valence-electron chi connectivity index (χ1n) is 11.8. The van der Waals surface area contributed by atoms with Gasteiger partial charge in [-0.3, -0.25) is 19.2 Å². The summed E-state index contributed by atoms with van der Waals surface area (Å²) < 4.78 is 0. The fourth-order valence-electron chi connectivity index (χ4n) is 4.45. The molecule has 2 aromatic carbocycles. The summed E-state index contributed by atoms with van der Waals surface area (Å²) in [4.78, 5) is 51.0. The molecule has 8 heteroatoms. The first kappa shape index (κ1) is 24.2. The number of nitrogens with zero attached hydrogens (tertiary/aromatic N) is 4. The van der Waals surface area contributed by atoms with Crippen molar-refractivity contribution in [3.63, 3.8) is 0 Å². The number of carbonyl (C=O) groups excluding carboxylic acids is 4. The minimum absolute atomic E-state index is 0.159. The third-order valence-electron chi connectivity index (χ3n) is 6.25. The van der Waals surface area contributed by atoms with E-state index in [2.05, 4.69) is 10.2 Å². The fraction of sp³-hybridized carbons (Fsp3) is 0.333. The Balaban J connectivity index is 1.23. The largest absolute Gasteiger partial charge is 0.298 e. The molecule has 0 N–H and O–H groups in total. The highest BCUT2D eigenvalue weighted by atomic mass is 16.2. The molecule has 0 aliphatic carbocycles. The van der Waals surface area contributed by atoms with Crippen LogP contribution in [0.25, 0.3) is 0 Å². The van der Waals surface area contributed by atoms with Crippen molar-refractivity contribution in [2.75, 3.05) is 10.0 Å². The van der Waals surface area contributed by atoms with Gasteiger partial charge in [-0.25, -0.2) is 0 Å². The van der Waals surface area contributed by atoms with Gasteiger partial charge >= 0.3 is 0 Å². The normalized spacial score (nSPS) is 19.7. The Morgan fingerprint density at radius 1 is 0.657 bits per heavy atom. The van der Waals surface area contributed by atoms with E-state index in [0.717, 1.165) is 0 Å². The SMILES string of the molecule is CC1=NN(c2ccccc2)C(=O)C1C(=O)CCCCCC(=O)C1C(=O)N(c2ccccc2)N=C1C. The highest BCUT2D eigenvalue weighted by molar-refractivity contribution is 6.27. The molecule has 2 unspecified atom stereocenters. The number of carbonyl (C=O) groups is 4. The second kappa shape index (κ2) is 10.5. The number of unbranched alkanes of at least 4 members (excludes halogenated alkanes) is 2. The van der Waals surface area contributed by atoms with Crippen molar-refractivity contribution in [1.82, 2.24) is 0 Å². The van der Waals surface area contributed by atoms with Crippen LogP contribution >= 0.6 is 0 Å². The highest BCUT2D eigenvalue weighted by Gasteiger charge is 2.40. The standard InChI is InChI=1S/C27H28N4O4/c1-18-24(26(34)30(28-18)20-12-6-3-7-13-20)22(32)16-10-5-11-17-23(33)25-19(2)29-31(27(25)35)21-14-8-4-9-15-21/h3-4,6-9,12-15,24-25H,5,10-11,16-17H2,1-2H3. The van der Waals surface area contributed by atoms with Gasteiger partial charge in [0.05, 0.1) is 22.8 Å². The smallest absolute Gasteiger partial charge is 0.263 e. The van der Waals surface area contributed by atoms with Gasteiger partial charge < -0.3 is 0 Å². The average molecular weight is 473 g/mol. The van der Waals surface area contributed by atoms with Crippen LogP contribution in [0.5, 0.6) is 0 Å². The van der Waals surface area contributed by atoms with E-state index in [9.17, 15) is 19.2 Å². The summed E-state index contributed by atoms with van der Waals surface area (Å²) in [5.41, 5.74) is 2.27. The third kappa shape index (κ3) is 5.11. The lowest BCUT2D eigenvalue weighted by Gasteiger charge is -2.14. The monoisotopic (exact) mass is 472 g/mol. The van der Waals surface area contributed by atoms with Gasteiger partial charge in [-0.15, -0.1) is 0 Å². The van der Waals surface area contributed by atoms with Crippen LogP contribution in [0.1, 0.15) is 46.0 Å². The molecule has 0 spiro atoms. The first-order valence-corrected chi connectivity index (χ1v) is 11.8. The van der Waals surface area contributed by atoms with E-state index in [1.165, 1.54) is 10.0 Å². The van der Waals surface area contributed by atoms with Crippen LogP contribution in [-0.4, -0.2) is 34.8 Å². The van der Waals surface area contributed by atoms with Crippen molar-refractivity contribution < 1.29 is 19.2 Å². The number of hydrazone groups is 2. The van der Waals surface area contributed by atoms with Crippen LogP contribution in [0, 0.1) is 11.8 Å². The third-order valence-corrected chi connectivity index (χ3v) is 6.25. The van der Waals surface area contributed by atoms with E-state index in [-0.39, 0.29) is 36.2 Å². The maximum absolute atomic E-state index is 12.8. The van der Waals surface area contributed by atoms with Crippen molar-refractivity contribution in [3.8, 4) is 0 Å². The minimum atomic E-state index is -0.851. The zero-order chi connectivity index (χ0) is 24.9. The predicted molar refractivity (Wildman–Crippen MR) is 134 cm³/mol. The first-order chi connectivity index (χ1) is 16.9. The van der Waals surface area contributed by atoms with E-state index < -0.39 is 11.8 Å². The maximum atomic E-state index is 12.8. The van der Waals surface area contributed by atoms with E-state index in [0.29, 0.717) is 42.1 Å². The molecule has 0 saturated carbocycles. The molecule has 2 atom stereocenters. The van der Waals surface area contributed by atoms with Gasteiger partial charge in [0.1, 0.15) is 11.8 Å². The highest BCUT2D eigenvalue weighted by Crippen LogP contribution is 2.27. The second-order valence-corrected chi connectivity index (χ2v) is 8.81. The van der Waals surface area contributed by atoms with Crippen LogP contribution in [0.4, 0.5) is 11.4 Å². The van der Waals surface area contributed by atoms with Gasteiger partial charge in [0.15, 0.2) is 11.6 Å². The molecule has 35 heavy (non-hydrogen) atoms. The Morgan fingerprint density at radius 3 is 1.40 bits per heavy atom. The number of anilines is 2. The fourth-order valence-corrected chi connectivity index (χ4v) is 4.45. The molecule has 0 fully saturated rings. The lowest BCUT2D eigenvalue weighted by atomic mass is 9.93. The summed E-state index contributed by atoms with van der Waals surface area (Å²) in [5.74, 6) is -2.67. The molecule has 180 valence electrons. The molecule has 0 radical (unpaired) electrons. The molecule has 2 aliphatic rings. The molecule has 0 aromatic heterocycles. The van der Waals surface area contributed by atoms with Gasteiger partial charge in [0, 0.05) is 12.8 Å². The van der Waals surface area contributed by atoms with E-state index in [1.807, 2.05) is 36.4 Å². The molecule has 4 rings (SSSR count). The van der Waals surface area contributed by atoms with Crippen LogP contribution in [0.2, 0.25) is 0 Å². The Morgan fingerprint density at radius 2 is 1.03 bits per heavy atom. The molecule has 2 aromatic rings. The maximum Gasteiger partial charge on any atom is 0.263 e. The van der Waals surface area contributed by atoms with Crippen molar-refractivity contribution in [3.05, 3.63) is 60.7 Å². The van der Waals surface area contributed by atoms with Crippen molar-refractivity contribution in [1.29, 1.82) is 0 Å². The molecule has 2 aliphatic heterocycles. The molecule has 2 amide bonds. The van der Waals surface area contributed by atoms with E-state index >= 15 is 0 Å². The van der Waals surface area contributed by atoms with E-state index in [1.54, 1.807) is 38.1 Å². The average Bonchev–Trinajstić information content (AvgIpc) is 3.33. The molecule has 0 saturated heterocycles. The predicted octanol–water partition coefficient (Wildman–Crippen LogP) is 4.15. The van der Waals surface area contributed by atoms with Crippen LogP contribution in [0.3, 0.4) is 0 Å². The number of hydrogen-bond donors (Lipinski definition) is 0. The number of rotatable bonds is 10. The van der Waals surface area contributed by atoms with Crippen molar-refractivity contribution in [2.45, 2.75) is 46.0 Å². The van der Waals surface area contributed by atoms with Gasteiger partial charge in [0.2, 0.25) is 0 Å². The molecular weight excluding hydrogens is 444 g/mol. The number of para-hydroxylation sites is 2. The Labute approximate surface area is 204 Å². The van der Waals surface area contributed by atoms with E-state index in [4.69, 9.17) is 0 Å². The summed E-state index contributed by atoms with van der Waals surface area (Å²) in [6, 6.07) is 18.1. The Hall–Kier alpha value is -3.94. The van der Waals surface area contributed by atoms with Gasteiger partial charge in [0.25, 0.3) is 11.8 Å². The van der Waals surface area contributed by atoms with Crippen LogP contribution < -0.4 is 10.0 Å². The Bertz CT molecular complexity index is 1100. The molecule has 2 heterocycles. The molecule has 0 bridgehead atoms. The zero-order valence-electron chi connectivity index (χ0n) is 19.9. The number of hydrogen-bond acceptors (Lipinski definition) is 6. The van der Waals surface area contributed by atoms with Crippen LogP contribution in [-0.2, 0) is 19.2 Å². The quantitative estimate of drug-likeness (QED) is 0.383. The van der Waals surface area contributed by atoms with Gasteiger partial charge in [-0.2, -0.15) is 20.2 Å². The zero-order valence-corrected chi connectivity index (χ0v) is 19.9. The van der Waals surface area contributed by atoms with Gasteiger partial charge in [-0.05, 0) is 51.0 Å². The number of ketones is 2. The van der Waals surface area contributed by atoms with Crippen LogP contribution in [0.15, 0.2) is 70.9 Å². The summed E-state index contributed by atoms with van der Waals surface area (Å²) in [6.07, 6.45) is 2.26. The lowest BCUT2D eigenvalue weighted by molar-refractivity contribution is -0.130. The minimum Gasteiger partial charge on any atom is -0.298 e. The second-order valence-electron chi connectivity index (χ2n) is 8.81. The number of Topliss-reactive ketones (excluding diaryl/α,β-unsaturated/α-hetero) is 2. The summed E-state index contributed by atoms with van der Waals surface area (Å²) in [7, 11) is 0. The number of benzene rings is 2. The molecule has 8 nitrogen and oxygen atoms in total. The Kier molecular flexibility index (Phi) is 7.29.